The number of fused-ring (bicyclic) bond motifs is 3. The van der Waals surface area contributed by atoms with Gasteiger partial charge in [0.1, 0.15) is 11.5 Å². The first-order chi connectivity index (χ1) is 15.8. The van der Waals surface area contributed by atoms with Crippen LogP contribution in [-0.2, 0) is 9.53 Å². The summed E-state index contributed by atoms with van der Waals surface area (Å²) in [5, 5.41) is 19.7. The second-order valence-corrected chi connectivity index (χ2v) is 8.77. The van der Waals surface area contributed by atoms with E-state index in [0.717, 1.165) is 0 Å². The number of phenolic OH excluding ortho intramolecular Hbond substituents is 2. The number of carbonyl (C=O) groups excluding carboxylic acids is 2. The third kappa shape index (κ3) is 3.18. The predicted molar refractivity (Wildman–Crippen MR) is 125 cm³/mol. The molecule has 1 atom stereocenters. The van der Waals surface area contributed by atoms with Gasteiger partial charge in [0.05, 0.1) is 22.5 Å². The first-order valence-corrected chi connectivity index (χ1v) is 10.8. The van der Waals surface area contributed by atoms with Crippen LogP contribution in [0.25, 0.3) is 11.3 Å². The van der Waals surface area contributed by atoms with Gasteiger partial charge in [-0.2, -0.15) is 0 Å². The molecule has 0 radical (unpaired) electrons. The highest BCUT2D eigenvalue weighted by atomic mass is 16.6. The van der Waals surface area contributed by atoms with Crippen LogP contribution in [0.5, 0.6) is 11.5 Å². The number of hydrogen-bond acceptors (Lipinski definition) is 6. The lowest BCUT2D eigenvalue weighted by Gasteiger charge is -2.44. The number of para-hydroxylation sites is 1. The van der Waals surface area contributed by atoms with Crippen LogP contribution in [0.4, 0.5) is 5.69 Å². The highest BCUT2D eigenvalue weighted by molar-refractivity contribution is 6.38. The van der Waals surface area contributed by atoms with Gasteiger partial charge in [0.25, 0.3) is 5.72 Å². The zero-order chi connectivity index (χ0) is 23.3. The summed E-state index contributed by atoms with van der Waals surface area (Å²) in [4.78, 5) is 29.1. The second-order valence-electron chi connectivity index (χ2n) is 8.77. The van der Waals surface area contributed by atoms with Crippen LogP contribution in [0.2, 0.25) is 0 Å². The molecule has 0 aromatic heterocycles. The largest absolute Gasteiger partial charge is 0.508 e. The summed E-state index contributed by atoms with van der Waals surface area (Å²) in [6, 6.07) is 20.1. The number of rotatable bonds is 4. The van der Waals surface area contributed by atoms with Crippen molar-refractivity contribution >= 4 is 28.7 Å². The van der Waals surface area contributed by atoms with Crippen molar-refractivity contribution in [1.82, 2.24) is 0 Å². The van der Waals surface area contributed by atoms with Crippen molar-refractivity contribution in [3.8, 4) is 11.5 Å². The van der Waals surface area contributed by atoms with Crippen LogP contribution in [0, 0.1) is 5.92 Å². The first kappa shape index (κ1) is 20.8. The van der Waals surface area contributed by atoms with Gasteiger partial charge in [0.15, 0.2) is 0 Å². The molecule has 5 rings (SSSR count). The Morgan fingerprint density at radius 3 is 2.03 bits per heavy atom. The highest BCUT2D eigenvalue weighted by Gasteiger charge is 2.60. The molecule has 166 valence electrons. The van der Waals surface area contributed by atoms with Crippen LogP contribution < -0.4 is 4.90 Å². The van der Waals surface area contributed by atoms with Crippen molar-refractivity contribution in [2.24, 2.45) is 5.92 Å². The number of Topliss-reactive ketones (excluding diaryl/α,β-unsaturated/α-hetero) is 1. The van der Waals surface area contributed by atoms with E-state index in [9.17, 15) is 19.8 Å². The summed E-state index contributed by atoms with van der Waals surface area (Å²) in [6.45, 7) is 3.96. The third-order valence-corrected chi connectivity index (χ3v) is 6.01. The average Bonchev–Trinajstić information content (AvgIpc) is 3.03. The van der Waals surface area contributed by atoms with E-state index in [0.29, 0.717) is 40.1 Å². The number of anilines is 1. The van der Waals surface area contributed by atoms with Crippen LogP contribution in [0.15, 0.2) is 72.8 Å². The lowest BCUT2D eigenvalue weighted by atomic mass is 9.90. The third-order valence-electron chi connectivity index (χ3n) is 6.01. The van der Waals surface area contributed by atoms with E-state index in [1.54, 1.807) is 48.5 Å². The Balaban J connectivity index is 1.86. The molecular weight excluding hydrogens is 418 g/mol. The van der Waals surface area contributed by atoms with Crippen LogP contribution in [-0.4, -0.2) is 27.7 Å². The standard InChI is InChI=1S/C27H23NO5/c1-16(2)15-27-25(31)23(17-7-11-19(29)12-8-17)24(18-9-13-20(30)14-10-18)28(27)22-6-4-3-5-21(22)26(32)33-27/h3-14,16,29-30H,15H2,1-2H3. The van der Waals surface area contributed by atoms with Gasteiger partial charge in [-0.25, -0.2) is 4.79 Å². The number of hydrogen-bond donors (Lipinski definition) is 2. The quantitative estimate of drug-likeness (QED) is 0.556. The summed E-state index contributed by atoms with van der Waals surface area (Å²) in [5.41, 5.74) is 1.74. The molecule has 0 saturated carbocycles. The number of nitrogens with zero attached hydrogens (tertiary/aromatic N) is 1. The Labute approximate surface area is 191 Å². The summed E-state index contributed by atoms with van der Waals surface area (Å²) >= 11 is 0. The Kier molecular flexibility index (Phi) is 4.74. The van der Waals surface area contributed by atoms with Crippen molar-refractivity contribution in [1.29, 1.82) is 0 Å². The van der Waals surface area contributed by atoms with Crippen LogP contribution >= 0.6 is 0 Å². The van der Waals surface area contributed by atoms with Crippen molar-refractivity contribution in [3.63, 3.8) is 0 Å². The van der Waals surface area contributed by atoms with E-state index in [4.69, 9.17) is 4.74 Å². The second kappa shape index (κ2) is 7.52. The van der Waals surface area contributed by atoms with Gasteiger partial charge < -0.3 is 14.9 Å². The van der Waals surface area contributed by atoms with Gasteiger partial charge in [-0.1, -0.05) is 38.1 Å². The van der Waals surface area contributed by atoms with Crippen molar-refractivity contribution in [3.05, 3.63) is 89.5 Å². The molecule has 2 N–H and O–H groups in total. The van der Waals surface area contributed by atoms with Crippen molar-refractivity contribution in [2.45, 2.75) is 26.0 Å². The molecule has 33 heavy (non-hydrogen) atoms. The monoisotopic (exact) mass is 441 g/mol. The number of aromatic hydroxyl groups is 2. The molecule has 0 bridgehead atoms. The van der Waals surface area contributed by atoms with Gasteiger partial charge in [-0.15, -0.1) is 0 Å². The molecule has 0 fully saturated rings. The maximum Gasteiger partial charge on any atom is 0.342 e. The van der Waals surface area contributed by atoms with Crippen molar-refractivity contribution in [2.75, 3.05) is 4.90 Å². The first-order valence-electron chi connectivity index (χ1n) is 10.8. The normalized spacial score (nSPS) is 19.5. The molecule has 2 aliphatic rings. The minimum Gasteiger partial charge on any atom is -0.508 e. The topological polar surface area (TPSA) is 87.1 Å². The smallest absolute Gasteiger partial charge is 0.342 e. The minimum atomic E-state index is -1.53. The number of esters is 1. The van der Waals surface area contributed by atoms with Gasteiger partial charge in [-0.3, -0.25) is 9.69 Å². The predicted octanol–water partition coefficient (Wildman–Crippen LogP) is 4.97. The van der Waals surface area contributed by atoms with E-state index < -0.39 is 11.7 Å². The fourth-order valence-corrected chi connectivity index (χ4v) is 4.72. The van der Waals surface area contributed by atoms with E-state index in [2.05, 4.69) is 0 Å². The summed E-state index contributed by atoms with van der Waals surface area (Å²) in [6.07, 6.45) is 0.301. The molecule has 1 unspecified atom stereocenters. The number of ketones is 1. The minimum absolute atomic E-state index is 0.0507. The maximum atomic E-state index is 14.2. The number of benzene rings is 3. The molecule has 0 spiro atoms. The average molecular weight is 441 g/mol. The highest BCUT2D eigenvalue weighted by Crippen LogP contribution is 2.53. The lowest BCUT2D eigenvalue weighted by molar-refractivity contribution is -0.132. The molecule has 6 nitrogen and oxygen atoms in total. The van der Waals surface area contributed by atoms with Crippen LogP contribution in [0.1, 0.15) is 41.8 Å². The van der Waals surface area contributed by atoms with Crippen molar-refractivity contribution < 1.29 is 24.5 Å². The van der Waals surface area contributed by atoms with E-state index in [-0.39, 0.29) is 23.2 Å². The molecule has 0 saturated heterocycles. The molecule has 2 aliphatic heterocycles. The lowest BCUT2D eigenvalue weighted by Crippen LogP contribution is -2.56. The molecule has 3 aromatic carbocycles. The molecule has 2 heterocycles. The Morgan fingerprint density at radius 2 is 1.42 bits per heavy atom. The van der Waals surface area contributed by atoms with Gasteiger partial charge in [-0.05, 0) is 65.6 Å². The molecule has 0 aliphatic carbocycles. The zero-order valence-corrected chi connectivity index (χ0v) is 18.3. The number of ether oxygens (including phenoxy) is 1. The fourth-order valence-electron chi connectivity index (χ4n) is 4.72. The zero-order valence-electron chi connectivity index (χ0n) is 18.3. The Morgan fingerprint density at radius 1 is 0.848 bits per heavy atom. The Hall–Kier alpha value is -4.06. The SMILES string of the molecule is CC(C)CC12OC(=O)c3ccccc3N1C(c1ccc(O)cc1)=C(c1ccc(O)cc1)C2=O. The van der Waals surface area contributed by atoms with Gasteiger partial charge >= 0.3 is 5.97 Å². The molecule has 6 heteroatoms. The Bertz CT molecular complexity index is 1290. The van der Waals surface area contributed by atoms with Crippen LogP contribution in [0.3, 0.4) is 0 Å². The summed E-state index contributed by atoms with van der Waals surface area (Å²) in [5.74, 6) is -0.605. The van der Waals surface area contributed by atoms with E-state index >= 15 is 0 Å². The van der Waals surface area contributed by atoms with E-state index in [1.165, 1.54) is 12.1 Å². The molecular formula is C27H23NO5. The summed E-state index contributed by atoms with van der Waals surface area (Å²) in [7, 11) is 0. The molecule has 3 aromatic rings. The maximum absolute atomic E-state index is 14.2. The van der Waals surface area contributed by atoms with E-state index in [1.807, 2.05) is 30.9 Å². The molecule has 0 amide bonds. The summed E-state index contributed by atoms with van der Waals surface area (Å²) < 4.78 is 6.00. The number of phenols is 2. The van der Waals surface area contributed by atoms with Gasteiger partial charge in [0, 0.05) is 6.42 Å². The fraction of sp³-hybridized carbons (Fsp3) is 0.185. The number of carbonyl (C=O) groups is 2. The van der Waals surface area contributed by atoms with Gasteiger partial charge in [0.2, 0.25) is 5.78 Å².